The third kappa shape index (κ3) is 5.13. The van der Waals surface area contributed by atoms with Gasteiger partial charge in [-0.1, -0.05) is 0 Å². The van der Waals surface area contributed by atoms with E-state index in [0.29, 0.717) is 12.2 Å². The van der Waals surface area contributed by atoms with Crippen LogP contribution in [-0.4, -0.2) is 41.7 Å². The Morgan fingerprint density at radius 1 is 1.19 bits per heavy atom. The predicted molar refractivity (Wildman–Crippen MR) is 93.3 cm³/mol. The molecule has 0 aromatic carbocycles. The standard InChI is InChI=1S/C16H18F3N5O2S/c1-27(25,26)24-13-4-2-3-12(13)22-14-5-6-21-15(23-14)10-7-11(9-20-8-10)16(17,18)19/h5-9,12-13,24H,2-4H2,1H3,(H,21,22,23)/t12-,13?/m1/s1. The number of nitrogens with one attached hydrogen (secondary N) is 2. The quantitative estimate of drug-likeness (QED) is 0.799. The Kier molecular flexibility index (Phi) is 5.33. The molecule has 0 amide bonds. The van der Waals surface area contributed by atoms with Crippen LogP contribution >= 0.6 is 0 Å². The Morgan fingerprint density at radius 2 is 1.93 bits per heavy atom. The van der Waals surface area contributed by atoms with Crippen molar-refractivity contribution in [1.82, 2.24) is 19.7 Å². The van der Waals surface area contributed by atoms with E-state index in [-0.39, 0.29) is 23.5 Å². The molecule has 1 aliphatic carbocycles. The fourth-order valence-electron chi connectivity index (χ4n) is 3.03. The van der Waals surface area contributed by atoms with Gasteiger partial charge in [-0.15, -0.1) is 0 Å². The summed E-state index contributed by atoms with van der Waals surface area (Å²) in [6, 6.07) is 2.09. The summed E-state index contributed by atoms with van der Waals surface area (Å²) in [5.41, 5.74) is -0.735. The van der Waals surface area contributed by atoms with Crippen molar-refractivity contribution in [3.05, 3.63) is 36.3 Å². The zero-order chi connectivity index (χ0) is 19.7. The van der Waals surface area contributed by atoms with Crippen molar-refractivity contribution in [2.75, 3.05) is 11.6 Å². The maximum absolute atomic E-state index is 12.9. The largest absolute Gasteiger partial charge is 0.417 e. The molecule has 1 unspecified atom stereocenters. The van der Waals surface area contributed by atoms with Gasteiger partial charge in [0.2, 0.25) is 10.0 Å². The van der Waals surface area contributed by atoms with E-state index in [1.165, 1.54) is 12.4 Å². The molecule has 2 atom stereocenters. The highest BCUT2D eigenvalue weighted by atomic mass is 32.2. The SMILES string of the molecule is CS(=O)(=O)NC1CCC[C@H]1Nc1ccnc(-c2cncc(C(F)(F)F)c2)n1. The molecule has 2 aromatic rings. The molecular weight excluding hydrogens is 383 g/mol. The van der Waals surface area contributed by atoms with Crippen LogP contribution in [0.15, 0.2) is 30.7 Å². The smallest absolute Gasteiger partial charge is 0.366 e. The van der Waals surface area contributed by atoms with Gasteiger partial charge >= 0.3 is 6.18 Å². The Morgan fingerprint density at radius 3 is 2.63 bits per heavy atom. The van der Waals surface area contributed by atoms with Crippen LogP contribution in [-0.2, 0) is 16.2 Å². The average Bonchev–Trinajstić information content (AvgIpc) is 2.99. The highest BCUT2D eigenvalue weighted by molar-refractivity contribution is 7.88. The van der Waals surface area contributed by atoms with Crippen molar-refractivity contribution in [1.29, 1.82) is 0 Å². The van der Waals surface area contributed by atoms with E-state index in [2.05, 4.69) is 25.0 Å². The molecule has 27 heavy (non-hydrogen) atoms. The van der Waals surface area contributed by atoms with Crippen molar-refractivity contribution in [3.8, 4) is 11.4 Å². The van der Waals surface area contributed by atoms with Gasteiger partial charge in [-0.2, -0.15) is 13.2 Å². The molecule has 0 saturated heterocycles. The zero-order valence-corrected chi connectivity index (χ0v) is 15.2. The maximum Gasteiger partial charge on any atom is 0.417 e. The molecule has 11 heteroatoms. The van der Waals surface area contributed by atoms with Crippen LogP contribution in [0.2, 0.25) is 0 Å². The van der Waals surface area contributed by atoms with Gasteiger partial charge in [0.25, 0.3) is 0 Å². The summed E-state index contributed by atoms with van der Waals surface area (Å²) in [4.78, 5) is 11.9. The summed E-state index contributed by atoms with van der Waals surface area (Å²) >= 11 is 0. The number of nitrogens with zero attached hydrogens (tertiary/aromatic N) is 3. The minimum absolute atomic E-state index is 0.101. The summed E-state index contributed by atoms with van der Waals surface area (Å²) in [6.45, 7) is 0. The third-order valence-corrected chi connectivity index (χ3v) is 4.92. The lowest BCUT2D eigenvalue weighted by Crippen LogP contribution is -2.42. The molecule has 1 fully saturated rings. The van der Waals surface area contributed by atoms with E-state index >= 15 is 0 Å². The number of anilines is 1. The normalized spacial score (nSPS) is 20.6. The van der Waals surface area contributed by atoms with Crippen molar-refractivity contribution < 1.29 is 21.6 Å². The monoisotopic (exact) mass is 401 g/mol. The lowest BCUT2D eigenvalue weighted by Gasteiger charge is -2.21. The number of alkyl halides is 3. The van der Waals surface area contributed by atoms with Crippen LogP contribution in [0, 0.1) is 0 Å². The summed E-state index contributed by atoms with van der Waals surface area (Å²) in [7, 11) is -3.34. The Labute approximate surface area is 154 Å². The number of rotatable bonds is 5. The van der Waals surface area contributed by atoms with Gasteiger partial charge < -0.3 is 5.32 Å². The van der Waals surface area contributed by atoms with Gasteiger partial charge in [-0.25, -0.2) is 23.1 Å². The number of hydrogen-bond donors (Lipinski definition) is 2. The van der Waals surface area contributed by atoms with Crippen LogP contribution in [0.5, 0.6) is 0 Å². The number of halogens is 3. The third-order valence-electron chi connectivity index (χ3n) is 4.19. The van der Waals surface area contributed by atoms with E-state index in [9.17, 15) is 21.6 Å². The molecule has 1 saturated carbocycles. The van der Waals surface area contributed by atoms with E-state index in [1.807, 2.05) is 0 Å². The van der Waals surface area contributed by atoms with Gasteiger partial charge in [-0.3, -0.25) is 4.98 Å². The minimum Gasteiger partial charge on any atom is -0.366 e. The van der Waals surface area contributed by atoms with E-state index < -0.39 is 21.8 Å². The predicted octanol–water partition coefficient (Wildman–Crippen LogP) is 2.44. The first-order valence-corrected chi connectivity index (χ1v) is 10.1. The van der Waals surface area contributed by atoms with Gasteiger partial charge in [0, 0.05) is 36.2 Å². The molecular formula is C16H18F3N5O2S. The lowest BCUT2D eigenvalue weighted by atomic mass is 10.2. The van der Waals surface area contributed by atoms with E-state index in [4.69, 9.17) is 0 Å². The second kappa shape index (κ2) is 7.39. The van der Waals surface area contributed by atoms with Crippen molar-refractivity contribution >= 4 is 15.8 Å². The molecule has 0 spiro atoms. The second-order valence-corrected chi connectivity index (χ2v) is 8.18. The first-order valence-electron chi connectivity index (χ1n) is 8.21. The molecule has 0 aliphatic heterocycles. The van der Waals surface area contributed by atoms with Crippen LogP contribution in [0.4, 0.5) is 19.0 Å². The van der Waals surface area contributed by atoms with Gasteiger partial charge in [0.15, 0.2) is 5.82 Å². The fourth-order valence-corrected chi connectivity index (χ4v) is 3.87. The number of pyridine rings is 1. The highest BCUT2D eigenvalue weighted by Gasteiger charge is 2.32. The zero-order valence-electron chi connectivity index (χ0n) is 14.4. The first kappa shape index (κ1) is 19.5. The number of sulfonamides is 1. The van der Waals surface area contributed by atoms with Crippen LogP contribution in [0.3, 0.4) is 0 Å². The Balaban J connectivity index is 1.80. The van der Waals surface area contributed by atoms with Gasteiger partial charge in [0.1, 0.15) is 5.82 Å². The first-order chi connectivity index (χ1) is 12.6. The molecule has 3 rings (SSSR count). The van der Waals surface area contributed by atoms with E-state index in [0.717, 1.165) is 31.4 Å². The van der Waals surface area contributed by atoms with Crippen molar-refractivity contribution in [2.45, 2.75) is 37.5 Å². The highest BCUT2D eigenvalue weighted by Crippen LogP contribution is 2.31. The van der Waals surface area contributed by atoms with Crippen molar-refractivity contribution in [2.24, 2.45) is 0 Å². The van der Waals surface area contributed by atoms with Gasteiger partial charge in [0.05, 0.1) is 11.8 Å². The molecule has 7 nitrogen and oxygen atoms in total. The number of aromatic nitrogens is 3. The molecule has 2 N–H and O–H groups in total. The summed E-state index contributed by atoms with van der Waals surface area (Å²) in [6.07, 6.45) is 2.32. The maximum atomic E-state index is 12.9. The van der Waals surface area contributed by atoms with Crippen LogP contribution in [0.1, 0.15) is 24.8 Å². The van der Waals surface area contributed by atoms with Crippen LogP contribution < -0.4 is 10.0 Å². The summed E-state index contributed by atoms with van der Waals surface area (Å²) in [5, 5.41) is 3.15. The summed E-state index contributed by atoms with van der Waals surface area (Å²) < 4.78 is 64.1. The molecule has 0 bridgehead atoms. The lowest BCUT2D eigenvalue weighted by molar-refractivity contribution is -0.137. The molecule has 146 valence electrons. The van der Waals surface area contributed by atoms with Gasteiger partial charge in [-0.05, 0) is 31.4 Å². The average molecular weight is 401 g/mol. The fraction of sp³-hybridized carbons (Fsp3) is 0.438. The molecule has 2 heterocycles. The topological polar surface area (TPSA) is 96.9 Å². The number of hydrogen-bond acceptors (Lipinski definition) is 6. The Hall–Kier alpha value is -2.27. The Bertz CT molecular complexity index is 920. The molecule has 0 radical (unpaired) electrons. The van der Waals surface area contributed by atoms with Crippen molar-refractivity contribution in [3.63, 3.8) is 0 Å². The summed E-state index contributed by atoms with van der Waals surface area (Å²) in [5.74, 6) is 0.508. The molecule has 1 aliphatic rings. The van der Waals surface area contributed by atoms with Crippen LogP contribution in [0.25, 0.3) is 11.4 Å². The molecule has 2 aromatic heterocycles. The second-order valence-electron chi connectivity index (χ2n) is 6.40. The van der Waals surface area contributed by atoms with E-state index in [1.54, 1.807) is 6.07 Å². The minimum atomic E-state index is -4.51.